The van der Waals surface area contributed by atoms with Gasteiger partial charge in [-0.2, -0.15) is 0 Å². The third-order valence-corrected chi connectivity index (χ3v) is 3.72. The van der Waals surface area contributed by atoms with Crippen LogP contribution in [0.1, 0.15) is 44.1 Å². The highest BCUT2D eigenvalue weighted by Gasteiger charge is 2.23. The van der Waals surface area contributed by atoms with Crippen molar-refractivity contribution in [1.29, 1.82) is 0 Å². The number of rotatable bonds is 7. The number of allylic oxidation sites excluding steroid dienone is 1. The Labute approximate surface area is 130 Å². The van der Waals surface area contributed by atoms with Crippen molar-refractivity contribution in [2.45, 2.75) is 44.9 Å². The Morgan fingerprint density at radius 1 is 1.00 bits per heavy atom. The van der Waals surface area contributed by atoms with Gasteiger partial charge in [-0.15, -0.1) is 0 Å². The van der Waals surface area contributed by atoms with Crippen LogP contribution in [-0.4, -0.2) is 22.5 Å². The van der Waals surface area contributed by atoms with Crippen LogP contribution in [0.5, 0.6) is 0 Å². The van der Waals surface area contributed by atoms with Gasteiger partial charge in [-0.3, -0.25) is 19.3 Å². The first-order valence-corrected chi connectivity index (χ1v) is 7.76. The zero-order chi connectivity index (χ0) is 15.8. The molecular weight excluding hydrogens is 278 g/mol. The topological polar surface area (TPSA) is 54.5 Å². The van der Waals surface area contributed by atoms with Crippen molar-refractivity contribution >= 4 is 17.6 Å². The van der Waals surface area contributed by atoms with Gasteiger partial charge in [0.1, 0.15) is 0 Å². The first-order chi connectivity index (χ1) is 10.7. The lowest BCUT2D eigenvalue weighted by Crippen LogP contribution is -2.35. The Morgan fingerprint density at radius 2 is 1.73 bits per heavy atom. The molecule has 0 unspecified atom stereocenters. The molecule has 0 aliphatic carbocycles. The first kappa shape index (κ1) is 16.1. The molecule has 4 heteroatoms. The molecule has 0 spiro atoms. The van der Waals surface area contributed by atoms with Crippen molar-refractivity contribution in [2.24, 2.45) is 0 Å². The van der Waals surface area contributed by atoms with Gasteiger partial charge in [0.2, 0.25) is 11.8 Å². The summed E-state index contributed by atoms with van der Waals surface area (Å²) >= 11 is 0. The van der Waals surface area contributed by atoms with E-state index in [1.807, 2.05) is 18.2 Å². The van der Waals surface area contributed by atoms with E-state index in [1.54, 1.807) is 0 Å². The Balaban J connectivity index is 1.60. The smallest absolute Gasteiger partial charge is 0.241 e. The first-order valence-electron chi connectivity index (χ1n) is 7.76. The molecule has 4 nitrogen and oxygen atoms in total. The summed E-state index contributed by atoms with van der Waals surface area (Å²) in [7, 11) is 0. The summed E-state index contributed by atoms with van der Waals surface area (Å²) in [5.41, 5.74) is 1.34. The largest absolute Gasteiger partial charge is 0.294 e. The number of ketones is 1. The molecule has 0 radical (unpaired) electrons. The minimum Gasteiger partial charge on any atom is -0.294 e. The second-order valence-electron chi connectivity index (χ2n) is 5.52. The van der Waals surface area contributed by atoms with Crippen molar-refractivity contribution in [1.82, 2.24) is 4.90 Å². The van der Waals surface area contributed by atoms with Gasteiger partial charge >= 0.3 is 0 Å². The van der Waals surface area contributed by atoms with Gasteiger partial charge in [-0.1, -0.05) is 43.2 Å². The van der Waals surface area contributed by atoms with E-state index >= 15 is 0 Å². The lowest BCUT2D eigenvalue weighted by molar-refractivity contribution is -0.143. The molecule has 0 N–H and O–H groups in total. The number of benzene rings is 1. The van der Waals surface area contributed by atoms with Gasteiger partial charge in [-0.25, -0.2) is 0 Å². The van der Waals surface area contributed by atoms with Crippen LogP contribution in [0.3, 0.4) is 0 Å². The van der Waals surface area contributed by atoms with Gasteiger partial charge in [0.25, 0.3) is 0 Å². The van der Waals surface area contributed by atoms with Crippen LogP contribution in [-0.2, 0) is 20.8 Å². The fraction of sp³-hybridized carbons (Fsp3) is 0.389. The summed E-state index contributed by atoms with van der Waals surface area (Å²) in [6, 6.07) is 10.3. The second kappa shape index (κ2) is 8.27. The van der Waals surface area contributed by atoms with Crippen LogP contribution in [0.4, 0.5) is 0 Å². The van der Waals surface area contributed by atoms with Gasteiger partial charge in [0.15, 0.2) is 5.78 Å². The van der Waals surface area contributed by atoms with E-state index in [1.165, 1.54) is 17.8 Å². The second-order valence-corrected chi connectivity index (χ2v) is 5.52. The van der Waals surface area contributed by atoms with Crippen LogP contribution in [0.15, 0.2) is 42.6 Å². The molecule has 2 amide bonds. The van der Waals surface area contributed by atoms with E-state index in [4.69, 9.17) is 0 Å². The van der Waals surface area contributed by atoms with Crippen molar-refractivity contribution in [3.63, 3.8) is 0 Å². The monoisotopic (exact) mass is 299 g/mol. The SMILES string of the molecule is O=C1C=CN(C(=O)CCCCCCc2ccccc2)C(=O)C1. The molecule has 0 saturated heterocycles. The number of amides is 2. The lowest BCUT2D eigenvalue weighted by Gasteiger charge is -2.18. The molecule has 1 aliphatic heterocycles. The number of carbonyl (C=O) groups is 3. The average Bonchev–Trinajstić information content (AvgIpc) is 2.51. The predicted molar refractivity (Wildman–Crippen MR) is 83.8 cm³/mol. The minimum absolute atomic E-state index is 0.195. The summed E-state index contributed by atoms with van der Waals surface area (Å²) in [6.45, 7) is 0. The average molecular weight is 299 g/mol. The summed E-state index contributed by atoms with van der Waals surface area (Å²) in [5.74, 6) is -0.867. The summed E-state index contributed by atoms with van der Waals surface area (Å²) in [6.07, 6.45) is 7.74. The fourth-order valence-corrected chi connectivity index (χ4v) is 2.48. The highest BCUT2D eigenvalue weighted by atomic mass is 16.2. The standard InChI is InChI=1S/C18H21NO3/c20-16-12-13-19(18(22)14-16)17(21)11-7-2-1-4-8-15-9-5-3-6-10-15/h3,5-6,9-10,12-13H,1-2,4,7-8,11,14H2. The number of unbranched alkanes of at least 4 members (excludes halogenated alkanes) is 3. The zero-order valence-corrected chi connectivity index (χ0v) is 12.7. The maximum absolute atomic E-state index is 11.9. The molecule has 116 valence electrons. The molecule has 0 bridgehead atoms. The van der Waals surface area contributed by atoms with Crippen LogP contribution in [0.25, 0.3) is 0 Å². The quantitative estimate of drug-likeness (QED) is 0.574. The molecule has 2 rings (SSSR count). The molecule has 1 aliphatic rings. The highest BCUT2D eigenvalue weighted by molar-refractivity contribution is 6.11. The third kappa shape index (κ3) is 4.95. The summed E-state index contributed by atoms with van der Waals surface area (Å²) < 4.78 is 0. The number of hydrogen-bond acceptors (Lipinski definition) is 3. The van der Waals surface area contributed by atoms with Crippen molar-refractivity contribution in [3.8, 4) is 0 Å². The maximum Gasteiger partial charge on any atom is 0.241 e. The highest BCUT2D eigenvalue weighted by Crippen LogP contribution is 2.12. The van der Waals surface area contributed by atoms with Gasteiger partial charge in [-0.05, 0) is 30.9 Å². The van der Waals surface area contributed by atoms with E-state index in [9.17, 15) is 14.4 Å². The molecule has 1 aromatic carbocycles. The molecule has 1 heterocycles. The molecule has 0 fully saturated rings. The molecular formula is C18H21NO3. The van der Waals surface area contributed by atoms with Crippen LogP contribution in [0.2, 0.25) is 0 Å². The number of imide groups is 1. The molecule has 0 atom stereocenters. The Morgan fingerprint density at radius 3 is 2.45 bits per heavy atom. The van der Waals surface area contributed by atoms with Gasteiger partial charge in [0.05, 0.1) is 6.42 Å². The van der Waals surface area contributed by atoms with Gasteiger partial charge in [0, 0.05) is 12.6 Å². The van der Waals surface area contributed by atoms with E-state index in [-0.39, 0.29) is 18.1 Å². The fourth-order valence-electron chi connectivity index (χ4n) is 2.48. The predicted octanol–water partition coefficient (Wildman–Crippen LogP) is 3.02. The Bertz CT molecular complexity index is 563. The van der Waals surface area contributed by atoms with Crippen molar-refractivity contribution in [2.75, 3.05) is 0 Å². The normalized spacial score (nSPS) is 14.5. The van der Waals surface area contributed by atoms with E-state index in [2.05, 4.69) is 12.1 Å². The van der Waals surface area contributed by atoms with Crippen molar-refractivity contribution < 1.29 is 14.4 Å². The van der Waals surface area contributed by atoms with Crippen LogP contribution in [0, 0.1) is 0 Å². The van der Waals surface area contributed by atoms with Crippen molar-refractivity contribution in [3.05, 3.63) is 48.2 Å². The summed E-state index contributed by atoms with van der Waals surface area (Å²) in [4.78, 5) is 35.6. The molecule has 22 heavy (non-hydrogen) atoms. The minimum atomic E-state index is -0.415. The lowest BCUT2D eigenvalue weighted by atomic mass is 10.1. The third-order valence-electron chi connectivity index (χ3n) is 3.72. The van der Waals surface area contributed by atoms with Crippen LogP contribution < -0.4 is 0 Å². The number of aryl methyl sites for hydroxylation is 1. The molecule has 0 aromatic heterocycles. The van der Waals surface area contributed by atoms with E-state index in [0.29, 0.717) is 6.42 Å². The van der Waals surface area contributed by atoms with Crippen LogP contribution >= 0.6 is 0 Å². The number of carbonyl (C=O) groups excluding carboxylic acids is 3. The molecule has 1 aromatic rings. The zero-order valence-electron chi connectivity index (χ0n) is 12.7. The van der Waals surface area contributed by atoms with E-state index in [0.717, 1.165) is 37.0 Å². The number of nitrogens with zero attached hydrogens (tertiary/aromatic N) is 1. The Kier molecular flexibility index (Phi) is 6.07. The Hall–Kier alpha value is -2.23. The molecule has 0 saturated carbocycles. The number of hydrogen-bond donors (Lipinski definition) is 0. The van der Waals surface area contributed by atoms with Gasteiger partial charge < -0.3 is 0 Å². The van der Waals surface area contributed by atoms with E-state index < -0.39 is 5.91 Å². The summed E-state index contributed by atoms with van der Waals surface area (Å²) in [5, 5.41) is 0. The maximum atomic E-state index is 11.9.